The SMILES string of the molecule is Cc1nn(C)c(C)c1CN(C(=O)[C@@]12CNC[C@@H]1CN(C)C2)C1CC1. The summed E-state index contributed by atoms with van der Waals surface area (Å²) in [5.41, 5.74) is 3.23. The van der Waals surface area contributed by atoms with E-state index in [9.17, 15) is 4.79 Å². The number of aryl methyl sites for hydroxylation is 2. The number of carbonyl (C=O) groups excluding carboxylic acids is 1. The molecule has 1 N–H and O–H groups in total. The van der Waals surface area contributed by atoms with Gasteiger partial charge in [-0.2, -0.15) is 5.10 Å². The fourth-order valence-electron chi connectivity index (χ4n) is 4.73. The van der Waals surface area contributed by atoms with Crippen LogP contribution in [0.15, 0.2) is 0 Å². The molecule has 3 fully saturated rings. The van der Waals surface area contributed by atoms with Gasteiger partial charge in [0.25, 0.3) is 0 Å². The summed E-state index contributed by atoms with van der Waals surface area (Å²) in [5.74, 6) is 0.819. The van der Waals surface area contributed by atoms with Crippen molar-refractivity contribution in [1.82, 2.24) is 24.9 Å². The molecule has 0 aromatic carbocycles. The molecule has 2 aliphatic heterocycles. The zero-order chi connectivity index (χ0) is 17.1. The summed E-state index contributed by atoms with van der Waals surface area (Å²) in [5, 5.41) is 8.02. The molecule has 1 saturated carbocycles. The molecule has 2 saturated heterocycles. The van der Waals surface area contributed by atoms with Crippen LogP contribution in [-0.2, 0) is 18.4 Å². The number of aromatic nitrogens is 2. The highest BCUT2D eigenvalue weighted by atomic mass is 16.2. The molecule has 3 heterocycles. The fourth-order valence-corrected chi connectivity index (χ4v) is 4.73. The maximum atomic E-state index is 13.6. The molecule has 1 amide bonds. The highest BCUT2D eigenvalue weighted by Gasteiger charge is 2.56. The van der Waals surface area contributed by atoms with Gasteiger partial charge in [-0.1, -0.05) is 0 Å². The Morgan fingerprint density at radius 1 is 1.38 bits per heavy atom. The van der Waals surface area contributed by atoms with Gasteiger partial charge in [-0.15, -0.1) is 0 Å². The van der Waals surface area contributed by atoms with Gasteiger partial charge in [-0.25, -0.2) is 0 Å². The van der Waals surface area contributed by atoms with Gasteiger partial charge in [0.1, 0.15) is 0 Å². The van der Waals surface area contributed by atoms with Crippen LogP contribution in [0.2, 0.25) is 0 Å². The van der Waals surface area contributed by atoms with E-state index in [0.717, 1.165) is 44.7 Å². The first-order valence-electron chi connectivity index (χ1n) is 9.12. The number of hydrogen-bond donors (Lipinski definition) is 1. The molecule has 0 bridgehead atoms. The Morgan fingerprint density at radius 3 is 2.75 bits per heavy atom. The molecule has 3 aliphatic rings. The van der Waals surface area contributed by atoms with Gasteiger partial charge in [0.15, 0.2) is 0 Å². The molecule has 6 heteroatoms. The summed E-state index contributed by atoms with van der Waals surface area (Å²) in [4.78, 5) is 18.1. The van der Waals surface area contributed by atoms with Crippen LogP contribution >= 0.6 is 0 Å². The number of fused-ring (bicyclic) bond motifs is 1. The van der Waals surface area contributed by atoms with Crippen molar-refractivity contribution >= 4 is 5.91 Å². The second kappa shape index (κ2) is 5.56. The molecule has 0 spiro atoms. The Morgan fingerprint density at radius 2 is 2.12 bits per heavy atom. The quantitative estimate of drug-likeness (QED) is 0.882. The van der Waals surface area contributed by atoms with Crippen LogP contribution in [0.5, 0.6) is 0 Å². The lowest BCUT2D eigenvalue weighted by atomic mass is 9.79. The van der Waals surface area contributed by atoms with E-state index in [1.807, 2.05) is 11.7 Å². The average molecular weight is 331 g/mol. The van der Waals surface area contributed by atoms with Crippen molar-refractivity contribution in [1.29, 1.82) is 0 Å². The Kier molecular flexibility index (Phi) is 3.73. The van der Waals surface area contributed by atoms with E-state index in [1.54, 1.807) is 0 Å². The molecule has 24 heavy (non-hydrogen) atoms. The molecular formula is C18H29N5O. The number of amides is 1. The molecule has 1 aliphatic carbocycles. The highest BCUT2D eigenvalue weighted by Crippen LogP contribution is 2.43. The fraction of sp³-hybridized carbons (Fsp3) is 0.778. The van der Waals surface area contributed by atoms with Gasteiger partial charge in [0.2, 0.25) is 5.91 Å². The normalized spacial score (nSPS) is 29.9. The first-order valence-corrected chi connectivity index (χ1v) is 9.12. The highest BCUT2D eigenvalue weighted by molar-refractivity contribution is 5.85. The Hall–Kier alpha value is -1.40. The van der Waals surface area contributed by atoms with Crippen molar-refractivity contribution < 1.29 is 4.79 Å². The van der Waals surface area contributed by atoms with E-state index in [1.165, 1.54) is 11.3 Å². The van der Waals surface area contributed by atoms with Crippen LogP contribution in [0.1, 0.15) is 29.8 Å². The minimum atomic E-state index is -0.221. The molecule has 2 atom stereocenters. The van der Waals surface area contributed by atoms with E-state index in [-0.39, 0.29) is 5.41 Å². The van der Waals surface area contributed by atoms with Crippen LogP contribution in [-0.4, -0.2) is 64.8 Å². The second-order valence-electron chi connectivity index (χ2n) is 8.12. The third kappa shape index (κ3) is 2.39. The molecule has 0 radical (unpaired) electrons. The number of carbonyl (C=O) groups is 1. The molecule has 6 nitrogen and oxygen atoms in total. The van der Waals surface area contributed by atoms with Crippen molar-refractivity contribution in [2.45, 2.75) is 39.3 Å². The van der Waals surface area contributed by atoms with Gasteiger partial charge in [0, 0.05) is 63.0 Å². The number of hydrogen-bond acceptors (Lipinski definition) is 4. The maximum Gasteiger partial charge on any atom is 0.232 e. The molecular weight excluding hydrogens is 302 g/mol. The zero-order valence-corrected chi connectivity index (χ0v) is 15.3. The first-order chi connectivity index (χ1) is 11.4. The molecule has 4 rings (SSSR count). The van der Waals surface area contributed by atoms with Crippen LogP contribution in [0.4, 0.5) is 0 Å². The smallest absolute Gasteiger partial charge is 0.232 e. The Balaban J connectivity index is 1.63. The second-order valence-corrected chi connectivity index (χ2v) is 8.12. The van der Waals surface area contributed by atoms with Gasteiger partial charge in [-0.3, -0.25) is 9.48 Å². The third-order valence-corrected chi connectivity index (χ3v) is 6.36. The monoisotopic (exact) mass is 331 g/mol. The Labute approximate surface area is 144 Å². The van der Waals surface area contributed by atoms with E-state index in [4.69, 9.17) is 0 Å². The standard InChI is InChI=1S/C18H29N5O/c1-12-16(13(2)22(4)20-12)9-23(15-5-6-15)17(24)18-10-19-7-14(18)8-21(3)11-18/h14-15,19H,5-11H2,1-4H3/t14-,18-/m1/s1. The number of nitrogens with one attached hydrogen (secondary N) is 1. The van der Waals surface area contributed by atoms with E-state index >= 15 is 0 Å². The van der Waals surface area contributed by atoms with Crippen molar-refractivity contribution in [3.8, 4) is 0 Å². The van der Waals surface area contributed by atoms with Crippen LogP contribution < -0.4 is 5.32 Å². The molecule has 1 aromatic rings. The first kappa shape index (κ1) is 16.1. The minimum absolute atomic E-state index is 0.221. The van der Waals surface area contributed by atoms with Crippen molar-refractivity contribution in [2.24, 2.45) is 18.4 Å². The summed E-state index contributed by atoms with van der Waals surface area (Å²) in [6.07, 6.45) is 2.29. The van der Waals surface area contributed by atoms with Gasteiger partial charge >= 0.3 is 0 Å². The van der Waals surface area contributed by atoms with Crippen LogP contribution in [0, 0.1) is 25.2 Å². The summed E-state index contributed by atoms with van der Waals surface area (Å²) < 4.78 is 1.93. The lowest BCUT2D eigenvalue weighted by Crippen LogP contribution is -2.49. The van der Waals surface area contributed by atoms with E-state index in [2.05, 4.69) is 41.1 Å². The number of rotatable bonds is 4. The Bertz CT molecular complexity index is 665. The predicted molar refractivity (Wildman–Crippen MR) is 92.5 cm³/mol. The molecule has 1 aromatic heterocycles. The maximum absolute atomic E-state index is 13.6. The summed E-state index contributed by atoms with van der Waals surface area (Å²) in [7, 11) is 4.13. The minimum Gasteiger partial charge on any atom is -0.335 e. The van der Waals surface area contributed by atoms with E-state index in [0.29, 0.717) is 24.4 Å². The van der Waals surface area contributed by atoms with Crippen molar-refractivity contribution in [3.63, 3.8) is 0 Å². The summed E-state index contributed by atoms with van der Waals surface area (Å²) in [6.45, 7) is 8.59. The topological polar surface area (TPSA) is 53.4 Å². The van der Waals surface area contributed by atoms with E-state index < -0.39 is 0 Å². The van der Waals surface area contributed by atoms with Gasteiger partial charge < -0.3 is 15.1 Å². The molecule has 0 unspecified atom stereocenters. The van der Waals surface area contributed by atoms with Crippen LogP contribution in [0.3, 0.4) is 0 Å². The summed E-state index contributed by atoms with van der Waals surface area (Å²) >= 11 is 0. The number of nitrogens with zero attached hydrogens (tertiary/aromatic N) is 4. The third-order valence-electron chi connectivity index (χ3n) is 6.36. The van der Waals surface area contributed by atoms with Gasteiger partial charge in [0.05, 0.1) is 11.1 Å². The lowest BCUT2D eigenvalue weighted by Gasteiger charge is -2.34. The average Bonchev–Trinajstić information content (AvgIpc) is 3.14. The molecule has 132 valence electrons. The largest absolute Gasteiger partial charge is 0.335 e. The zero-order valence-electron chi connectivity index (χ0n) is 15.3. The van der Waals surface area contributed by atoms with Crippen molar-refractivity contribution in [2.75, 3.05) is 33.2 Å². The van der Waals surface area contributed by atoms with Crippen LogP contribution in [0.25, 0.3) is 0 Å². The lowest BCUT2D eigenvalue weighted by molar-refractivity contribution is -0.143. The van der Waals surface area contributed by atoms with Crippen molar-refractivity contribution in [3.05, 3.63) is 17.0 Å². The summed E-state index contributed by atoms with van der Waals surface area (Å²) in [6, 6.07) is 0.429. The predicted octanol–water partition coefficient (Wildman–Crippen LogP) is 0.679. The van der Waals surface area contributed by atoms with Gasteiger partial charge in [-0.05, 0) is 33.7 Å². The number of likely N-dealkylation sites (tertiary alicyclic amines) is 1.